The summed E-state index contributed by atoms with van der Waals surface area (Å²) in [5.41, 5.74) is 0. The summed E-state index contributed by atoms with van der Waals surface area (Å²) < 4.78 is 4.05. The van der Waals surface area contributed by atoms with E-state index in [0.717, 1.165) is 12.8 Å². The predicted octanol–water partition coefficient (Wildman–Crippen LogP) is 3.23. The van der Waals surface area contributed by atoms with Crippen LogP contribution in [0.2, 0.25) is 0 Å². The van der Waals surface area contributed by atoms with Crippen molar-refractivity contribution in [2.45, 2.75) is 12.8 Å². The van der Waals surface area contributed by atoms with Gasteiger partial charge in [0.05, 0.1) is 0 Å². The van der Waals surface area contributed by atoms with Gasteiger partial charge in [0.1, 0.15) is 0 Å². The normalized spacial score (nSPS) is 14.5. The summed E-state index contributed by atoms with van der Waals surface area (Å²) in [6.45, 7) is 0. The molecule has 1 saturated carbocycles. The molecule has 4 rings (SSSR count). The molecule has 2 heteroatoms. The van der Waals surface area contributed by atoms with Gasteiger partial charge >= 0.3 is 158 Å². The molecule has 0 aromatic heterocycles. The topological polar surface area (TPSA) is 17.1 Å². The van der Waals surface area contributed by atoms with Gasteiger partial charge in [-0.1, -0.05) is 0 Å². The van der Waals surface area contributed by atoms with Crippen LogP contribution in [0.25, 0.3) is 0 Å². The van der Waals surface area contributed by atoms with Crippen LogP contribution in [0.5, 0.6) is 0 Å². The Morgan fingerprint density at radius 2 is 1.08 bits per heavy atom. The molecule has 26 heavy (non-hydrogen) atoms. The van der Waals surface area contributed by atoms with Crippen LogP contribution < -0.4 is 13.2 Å². The van der Waals surface area contributed by atoms with Gasteiger partial charge < -0.3 is 0 Å². The maximum atomic E-state index is 12.5. The SMILES string of the molecule is O=C(/C=[CH]/[Ge]([c]1ccccc1)([c]1ccccc1)[c]1ccccc1)C1CC1. The van der Waals surface area contributed by atoms with E-state index in [2.05, 4.69) is 95.9 Å². The number of carbonyl (C=O) groups is 1. The summed E-state index contributed by atoms with van der Waals surface area (Å²) in [7, 11) is 0. The molecular weight excluding hydrogens is 377 g/mol. The number of benzene rings is 3. The molecule has 0 unspecified atom stereocenters. The fourth-order valence-electron chi connectivity index (χ4n) is 3.60. The molecule has 1 nitrogen and oxygen atoms in total. The van der Waals surface area contributed by atoms with Crippen molar-refractivity contribution in [2.75, 3.05) is 0 Å². The van der Waals surface area contributed by atoms with Crippen molar-refractivity contribution in [2.24, 2.45) is 5.92 Å². The van der Waals surface area contributed by atoms with Crippen LogP contribution in [0.1, 0.15) is 12.8 Å². The van der Waals surface area contributed by atoms with Crippen LogP contribution >= 0.6 is 0 Å². The Hall–Kier alpha value is -2.39. The molecule has 0 radical (unpaired) electrons. The van der Waals surface area contributed by atoms with Crippen LogP contribution in [0.4, 0.5) is 0 Å². The third kappa shape index (κ3) is 3.32. The summed E-state index contributed by atoms with van der Waals surface area (Å²) in [6.07, 6.45) is 3.99. The zero-order chi connectivity index (χ0) is 17.8. The van der Waals surface area contributed by atoms with Gasteiger partial charge in [-0.2, -0.15) is 0 Å². The summed E-state index contributed by atoms with van der Waals surface area (Å²) in [6, 6.07) is 32.2. The molecule has 0 aliphatic heterocycles. The van der Waals surface area contributed by atoms with E-state index in [4.69, 9.17) is 0 Å². The third-order valence-corrected chi connectivity index (χ3v) is 14.4. The summed E-state index contributed by atoms with van der Waals surface area (Å²) in [4.78, 5) is 14.8. The van der Waals surface area contributed by atoms with Crippen LogP contribution in [0.15, 0.2) is 102 Å². The van der Waals surface area contributed by atoms with Crippen molar-refractivity contribution in [1.29, 1.82) is 0 Å². The molecule has 0 spiro atoms. The molecule has 0 N–H and O–H groups in total. The van der Waals surface area contributed by atoms with E-state index in [-0.39, 0.29) is 5.92 Å². The second-order valence-corrected chi connectivity index (χ2v) is 14.6. The van der Waals surface area contributed by atoms with E-state index in [1.165, 1.54) is 13.2 Å². The number of allylic oxidation sites excluding steroid dienone is 1. The average Bonchev–Trinajstić information content (AvgIpc) is 3.56. The van der Waals surface area contributed by atoms with Gasteiger partial charge in [-0.15, -0.1) is 0 Å². The number of rotatable bonds is 6. The Morgan fingerprint density at radius 3 is 1.42 bits per heavy atom. The molecule has 3 aromatic rings. The van der Waals surface area contributed by atoms with Gasteiger partial charge in [-0.3, -0.25) is 0 Å². The number of hydrogen-bond donors (Lipinski definition) is 0. The standard InChI is InChI=1S/C24H22GeO/c26-24(20-16-17-20)18-19-25(21-10-4-1-5-11-21,22-12-6-2-7-13-22)23-14-8-3-9-15-23/h1-15,18-20H,16-17H2/b19-18+. The minimum absolute atomic E-state index is 0.258. The summed E-state index contributed by atoms with van der Waals surface area (Å²) in [5, 5.41) is 0. The molecule has 1 fully saturated rings. The zero-order valence-corrected chi connectivity index (χ0v) is 16.8. The zero-order valence-electron chi connectivity index (χ0n) is 14.7. The third-order valence-electron chi connectivity index (χ3n) is 5.16. The number of carbonyl (C=O) groups excluding carboxylic acids is 1. The second-order valence-electron chi connectivity index (χ2n) is 6.92. The first-order valence-corrected chi connectivity index (χ1v) is 13.6. The van der Waals surface area contributed by atoms with Crippen molar-refractivity contribution >= 4 is 32.2 Å². The van der Waals surface area contributed by atoms with Crippen molar-refractivity contribution in [3.8, 4) is 0 Å². The number of ketones is 1. The maximum absolute atomic E-state index is 12.5. The van der Waals surface area contributed by atoms with Gasteiger partial charge in [0.25, 0.3) is 0 Å². The Labute approximate surface area is 157 Å². The van der Waals surface area contributed by atoms with Crippen LogP contribution in [-0.4, -0.2) is 19.0 Å². The van der Waals surface area contributed by atoms with E-state index in [9.17, 15) is 4.79 Å². The predicted molar refractivity (Wildman–Crippen MR) is 111 cm³/mol. The first-order valence-electron chi connectivity index (χ1n) is 9.20. The molecule has 3 aromatic carbocycles. The van der Waals surface area contributed by atoms with E-state index < -0.39 is 13.3 Å². The molecule has 0 amide bonds. The first kappa shape index (κ1) is 17.0. The van der Waals surface area contributed by atoms with Crippen LogP contribution in [-0.2, 0) is 4.79 Å². The van der Waals surface area contributed by atoms with Crippen molar-refractivity contribution < 1.29 is 4.79 Å². The number of hydrogen-bond acceptors (Lipinski definition) is 1. The molecule has 0 atom stereocenters. The molecule has 0 heterocycles. The van der Waals surface area contributed by atoms with Gasteiger partial charge in [-0.25, -0.2) is 0 Å². The average molecular weight is 399 g/mol. The van der Waals surface area contributed by atoms with Crippen LogP contribution in [0.3, 0.4) is 0 Å². The monoisotopic (exact) mass is 400 g/mol. The van der Waals surface area contributed by atoms with E-state index in [1.54, 1.807) is 0 Å². The Bertz CT molecular complexity index is 800. The summed E-state index contributed by atoms with van der Waals surface area (Å²) >= 11 is -3.08. The Morgan fingerprint density at radius 1 is 0.692 bits per heavy atom. The van der Waals surface area contributed by atoms with Crippen LogP contribution in [0, 0.1) is 5.92 Å². The van der Waals surface area contributed by atoms with Gasteiger partial charge in [-0.05, 0) is 0 Å². The Balaban J connectivity index is 1.95. The van der Waals surface area contributed by atoms with Crippen molar-refractivity contribution in [1.82, 2.24) is 0 Å². The molecule has 0 saturated heterocycles. The van der Waals surface area contributed by atoms with Gasteiger partial charge in [0.2, 0.25) is 0 Å². The van der Waals surface area contributed by atoms with E-state index >= 15 is 0 Å². The molecule has 0 bridgehead atoms. The quantitative estimate of drug-likeness (QED) is 0.460. The second kappa shape index (κ2) is 7.47. The molecule has 1 aliphatic rings. The molecule has 1 aliphatic carbocycles. The Kier molecular flexibility index (Phi) is 4.90. The molecule has 128 valence electrons. The van der Waals surface area contributed by atoms with Gasteiger partial charge in [0.15, 0.2) is 0 Å². The molecular formula is C24H22GeO. The first-order chi connectivity index (χ1) is 12.8. The summed E-state index contributed by atoms with van der Waals surface area (Å²) in [5.74, 6) is 0.552. The van der Waals surface area contributed by atoms with Crippen molar-refractivity contribution in [3.05, 3.63) is 102 Å². The fourth-order valence-corrected chi connectivity index (χ4v) is 12.3. The van der Waals surface area contributed by atoms with Crippen molar-refractivity contribution in [3.63, 3.8) is 0 Å². The minimum atomic E-state index is -3.08. The fraction of sp³-hybridized carbons (Fsp3) is 0.125. The van der Waals surface area contributed by atoms with E-state index in [1.807, 2.05) is 6.08 Å². The van der Waals surface area contributed by atoms with Gasteiger partial charge in [0, 0.05) is 0 Å². The van der Waals surface area contributed by atoms with E-state index in [0.29, 0.717) is 5.78 Å².